The fourth-order valence-electron chi connectivity index (χ4n) is 4.08. The molecule has 0 radical (unpaired) electrons. The van der Waals surface area contributed by atoms with Crippen molar-refractivity contribution in [1.82, 2.24) is 20.1 Å². The zero-order valence-corrected chi connectivity index (χ0v) is 23.0. The summed E-state index contributed by atoms with van der Waals surface area (Å²) >= 11 is 6.13. The quantitative estimate of drug-likeness (QED) is 0.228. The summed E-state index contributed by atoms with van der Waals surface area (Å²) in [5, 5.41) is 28.6. The summed E-state index contributed by atoms with van der Waals surface area (Å²) in [6.07, 6.45) is 0.354. The van der Waals surface area contributed by atoms with Gasteiger partial charge < -0.3 is 20.3 Å². The van der Waals surface area contributed by atoms with Gasteiger partial charge in [0, 0.05) is 29.7 Å². The first-order chi connectivity index (χ1) is 19.2. The predicted molar refractivity (Wildman–Crippen MR) is 151 cm³/mol. The SMILES string of the molecule is CC(C)COC(=O)[C@H](O)C[C@@H](Cc1ccc(-c2cccc(Cl)c2)cc1)NC(=O)c1cc(O)n(-c2ccccn2)n1. The second-order valence-electron chi connectivity index (χ2n) is 9.84. The number of benzene rings is 2. The highest BCUT2D eigenvalue weighted by Crippen LogP contribution is 2.24. The summed E-state index contributed by atoms with van der Waals surface area (Å²) in [6, 6.07) is 20.9. The van der Waals surface area contributed by atoms with Gasteiger partial charge in [-0.25, -0.2) is 9.78 Å². The molecule has 4 aromatic rings. The highest BCUT2D eigenvalue weighted by atomic mass is 35.5. The fourth-order valence-corrected chi connectivity index (χ4v) is 4.27. The number of esters is 1. The summed E-state index contributed by atoms with van der Waals surface area (Å²) in [4.78, 5) is 29.7. The van der Waals surface area contributed by atoms with E-state index < -0.39 is 24.0 Å². The number of aromatic nitrogens is 3. The van der Waals surface area contributed by atoms with E-state index >= 15 is 0 Å². The third-order valence-electron chi connectivity index (χ3n) is 6.06. The maximum atomic E-state index is 13.2. The van der Waals surface area contributed by atoms with Gasteiger partial charge in [-0.3, -0.25) is 4.79 Å². The number of halogens is 1. The summed E-state index contributed by atoms with van der Waals surface area (Å²) in [7, 11) is 0. The molecule has 0 aliphatic rings. The zero-order valence-electron chi connectivity index (χ0n) is 22.2. The van der Waals surface area contributed by atoms with Crippen LogP contribution in [-0.2, 0) is 16.0 Å². The van der Waals surface area contributed by atoms with Crippen molar-refractivity contribution in [2.75, 3.05) is 6.61 Å². The lowest BCUT2D eigenvalue weighted by molar-refractivity contribution is -0.155. The maximum absolute atomic E-state index is 13.2. The summed E-state index contributed by atoms with van der Waals surface area (Å²) in [6.45, 7) is 3.98. The van der Waals surface area contributed by atoms with Crippen LogP contribution in [0.25, 0.3) is 16.9 Å². The third kappa shape index (κ3) is 7.68. The van der Waals surface area contributed by atoms with Crippen LogP contribution in [-0.4, -0.2) is 55.6 Å². The van der Waals surface area contributed by atoms with Crippen molar-refractivity contribution in [2.24, 2.45) is 5.92 Å². The molecule has 208 valence electrons. The Kier molecular flexibility index (Phi) is 9.52. The highest BCUT2D eigenvalue weighted by Gasteiger charge is 2.26. The number of hydrogen-bond donors (Lipinski definition) is 3. The number of carbonyl (C=O) groups excluding carboxylic acids is 2. The minimum atomic E-state index is -1.44. The Morgan fingerprint density at radius 1 is 1.02 bits per heavy atom. The Morgan fingerprint density at radius 3 is 2.48 bits per heavy atom. The number of amides is 1. The largest absolute Gasteiger partial charge is 0.493 e. The van der Waals surface area contributed by atoms with Gasteiger partial charge in [0.25, 0.3) is 5.91 Å². The van der Waals surface area contributed by atoms with E-state index in [9.17, 15) is 19.8 Å². The first-order valence-electron chi connectivity index (χ1n) is 12.9. The molecule has 40 heavy (non-hydrogen) atoms. The molecule has 0 aliphatic heterocycles. The molecule has 2 atom stereocenters. The molecule has 2 heterocycles. The van der Waals surface area contributed by atoms with E-state index in [0.717, 1.165) is 21.4 Å². The van der Waals surface area contributed by atoms with Crippen LogP contribution in [0.3, 0.4) is 0 Å². The van der Waals surface area contributed by atoms with Crippen molar-refractivity contribution in [2.45, 2.75) is 38.8 Å². The van der Waals surface area contributed by atoms with Gasteiger partial charge in [-0.15, -0.1) is 0 Å². The molecule has 0 saturated heterocycles. The number of pyridine rings is 1. The lowest BCUT2D eigenvalue weighted by atomic mass is 9.97. The van der Waals surface area contributed by atoms with Crippen LogP contribution in [0.4, 0.5) is 0 Å². The average molecular weight is 563 g/mol. The maximum Gasteiger partial charge on any atom is 0.335 e. The van der Waals surface area contributed by atoms with Crippen LogP contribution in [0.5, 0.6) is 5.88 Å². The van der Waals surface area contributed by atoms with E-state index in [1.807, 2.05) is 62.4 Å². The van der Waals surface area contributed by atoms with Crippen molar-refractivity contribution >= 4 is 23.5 Å². The molecule has 4 rings (SSSR count). The number of aromatic hydroxyl groups is 1. The van der Waals surface area contributed by atoms with Crippen LogP contribution in [0.2, 0.25) is 5.02 Å². The molecule has 0 spiro atoms. The monoisotopic (exact) mass is 562 g/mol. The molecule has 10 heteroatoms. The van der Waals surface area contributed by atoms with Crippen LogP contribution in [0.15, 0.2) is 79.0 Å². The topological polar surface area (TPSA) is 127 Å². The molecule has 0 unspecified atom stereocenters. The minimum Gasteiger partial charge on any atom is -0.493 e. The molecule has 9 nitrogen and oxygen atoms in total. The molecule has 0 fully saturated rings. The molecule has 2 aromatic carbocycles. The Labute approximate surface area is 237 Å². The Bertz CT molecular complexity index is 1440. The third-order valence-corrected chi connectivity index (χ3v) is 6.29. The summed E-state index contributed by atoms with van der Waals surface area (Å²) < 4.78 is 6.33. The van der Waals surface area contributed by atoms with Crippen molar-refractivity contribution in [1.29, 1.82) is 0 Å². The fraction of sp³-hybridized carbons (Fsp3) is 0.267. The molecule has 3 N–H and O–H groups in total. The van der Waals surface area contributed by atoms with E-state index in [2.05, 4.69) is 15.4 Å². The van der Waals surface area contributed by atoms with E-state index in [0.29, 0.717) is 17.3 Å². The summed E-state index contributed by atoms with van der Waals surface area (Å²) in [5.74, 6) is -1.12. The number of ether oxygens (including phenoxy) is 1. The van der Waals surface area contributed by atoms with Crippen molar-refractivity contribution in [3.8, 4) is 22.8 Å². The number of hydrogen-bond acceptors (Lipinski definition) is 7. The number of aliphatic hydroxyl groups excluding tert-OH is 1. The van der Waals surface area contributed by atoms with Crippen molar-refractivity contribution in [3.63, 3.8) is 0 Å². The molecule has 0 bridgehead atoms. The molecular formula is C30H31ClN4O5. The van der Waals surface area contributed by atoms with E-state index in [1.165, 1.54) is 6.07 Å². The van der Waals surface area contributed by atoms with Crippen molar-refractivity contribution in [3.05, 3.63) is 95.3 Å². The van der Waals surface area contributed by atoms with E-state index in [1.54, 1.807) is 24.4 Å². The second kappa shape index (κ2) is 13.2. The zero-order chi connectivity index (χ0) is 28.6. The smallest absolute Gasteiger partial charge is 0.335 e. The van der Waals surface area contributed by atoms with Gasteiger partial charge in [-0.05, 0) is 53.3 Å². The molecule has 2 aromatic heterocycles. The van der Waals surface area contributed by atoms with Crippen LogP contribution in [0.1, 0.15) is 36.3 Å². The highest BCUT2D eigenvalue weighted by molar-refractivity contribution is 6.30. The molecular weight excluding hydrogens is 532 g/mol. The first kappa shape index (κ1) is 28.8. The minimum absolute atomic E-state index is 0.0404. The lowest BCUT2D eigenvalue weighted by Crippen LogP contribution is -2.41. The standard InChI is InChI=1S/C30H31ClN4O5/c1-19(2)18-40-30(39)26(36)16-24(14-20-9-11-21(12-10-20)22-6-5-7-23(31)15-22)33-29(38)25-17-28(37)35(34-25)27-8-3-4-13-32-27/h3-13,15,17,19,24,26,36-37H,14,16,18H2,1-2H3,(H,33,38)/t24-,26-/m1/s1. The lowest BCUT2D eigenvalue weighted by Gasteiger charge is -2.21. The Morgan fingerprint density at radius 2 is 1.80 bits per heavy atom. The van der Waals surface area contributed by atoms with Crippen LogP contribution < -0.4 is 5.32 Å². The average Bonchev–Trinajstić information content (AvgIpc) is 3.34. The van der Waals surface area contributed by atoms with E-state index in [-0.39, 0.29) is 30.5 Å². The molecule has 0 aliphatic carbocycles. The van der Waals surface area contributed by atoms with Crippen LogP contribution >= 0.6 is 11.6 Å². The normalized spacial score (nSPS) is 12.6. The van der Waals surface area contributed by atoms with Crippen LogP contribution in [0, 0.1) is 5.92 Å². The van der Waals surface area contributed by atoms with Gasteiger partial charge in [0.2, 0.25) is 5.88 Å². The van der Waals surface area contributed by atoms with Crippen molar-refractivity contribution < 1.29 is 24.5 Å². The second-order valence-corrected chi connectivity index (χ2v) is 10.3. The van der Waals surface area contributed by atoms with Gasteiger partial charge in [0.15, 0.2) is 17.6 Å². The Hall–Kier alpha value is -4.21. The van der Waals surface area contributed by atoms with Gasteiger partial charge in [-0.1, -0.05) is 67.9 Å². The number of nitrogens with one attached hydrogen (secondary N) is 1. The first-order valence-corrected chi connectivity index (χ1v) is 13.3. The number of carbonyl (C=O) groups is 2. The summed E-state index contributed by atoms with van der Waals surface area (Å²) in [5.41, 5.74) is 2.78. The number of aliphatic hydroxyl groups is 1. The number of rotatable bonds is 11. The van der Waals surface area contributed by atoms with Gasteiger partial charge in [-0.2, -0.15) is 9.78 Å². The molecule has 1 amide bonds. The number of nitrogens with zero attached hydrogens (tertiary/aromatic N) is 3. The van der Waals surface area contributed by atoms with Gasteiger partial charge in [0.1, 0.15) is 0 Å². The molecule has 0 saturated carbocycles. The van der Waals surface area contributed by atoms with E-state index in [4.69, 9.17) is 16.3 Å². The Balaban J connectivity index is 1.51. The predicted octanol–water partition coefficient (Wildman–Crippen LogP) is 4.58. The van der Waals surface area contributed by atoms with Gasteiger partial charge >= 0.3 is 5.97 Å². The van der Waals surface area contributed by atoms with Gasteiger partial charge in [0.05, 0.1) is 6.61 Å².